The van der Waals surface area contributed by atoms with E-state index in [-0.39, 0.29) is 63.4 Å². The second kappa shape index (κ2) is 9.97. The minimum Gasteiger partial charge on any atom is -0.489 e. The van der Waals surface area contributed by atoms with Gasteiger partial charge in [0, 0.05) is 43.5 Å². The lowest BCUT2D eigenvalue weighted by Crippen LogP contribution is -2.57. The van der Waals surface area contributed by atoms with Gasteiger partial charge in [-0.05, 0) is 6.08 Å². The van der Waals surface area contributed by atoms with Gasteiger partial charge in [-0.3, -0.25) is 9.59 Å². The fourth-order valence-electron chi connectivity index (χ4n) is 5.37. The second-order valence-electron chi connectivity index (χ2n) is 9.56. The number of anilines is 2. The molecule has 6 rings (SSSR count). The van der Waals surface area contributed by atoms with Crippen LogP contribution in [0.4, 0.5) is 16.0 Å². The Morgan fingerprint density at radius 3 is 2.62 bits per heavy atom. The number of nitrogen functional groups attached to an aromatic ring is 1. The topological polar surface area (TPSA) is 114 Å². The van der Waals surface area contributed by atoms with E-state index in [4.69, 9.17) is 31.8 Å². The Morgan fingerprint density at radius 2 is 1.87 bits per heavy atom. The van der Waals surface area contributed by atoms with Crippen molar-refractivity contribution in [3.8, 4) is 17.1 Å². The van der Waals surface area contributed by atoms with Crippen LogP contribution in [0.1, 0.15) is 10.4 Å². The predicted octanol–water partition coefficient (Wildman–Crippen LogP) is 2.74. The summed E-state index contributed by atoms with van der Waals surface area (Å²) < 4.78 is 26.6. The van der Waals surface area contributed by atoms with Gasteiger partial charge >= 0.3 is 0 Å². The van der Waals surface area contributed by atoms with Crippen molar-refractivity contribution in [1.29, 1.82) is 0 Å². The Bertz CT molecular complexity index is 1510. The molecule has 0 unspecified atom stereocenters. The molecule has 3 aliphatic rings. The third-order valence-corrected chi connectivity index (χ3v) is 7.70. The minimum atomic E-state index is -0.629. The van der Waals surface area contributed by atoms with E-state index in [9.17, 15) is 14.0 Å². The van der Waals surface area contributed by atoms with Crippen molar-refractivity contribution in [3.05, 3.63) is 53.3 Å². The van der Waals surface area contributed by atoms with E-state index in [0.29, 0.717) is 57.1 Å². The highest BCUT2D eigenvalue weighted by atomic mass is 35.5. The Morgan fingerprint density at radius 1 is 1.13 bits per heavy atom. The van der Waals surface area contributed by atoms with E-state index < -0.39 is 5.82 Å². The van der Waals surface area contributed by atoms with Crippen LogP contribution in [0.3, 0.4) is 0 Å². The van der Waals surface area contributed by atoms with Gasteiger partial charge in [-0.1, -0.05) is 42.4 Å². The number of rotatable bonds is 3. The quantitative estimate of drug-likeness (QED) is 0.493. The van der Waals surface area contributed by atoms with Crippen LogP contribution >= 0.6 is 11.6 Å². The number of halogens is 2. The van der Waals surface area contributed by atoms with Gasteiger partial charge in [-0.15, -0.1) is 0 Å². The number of carbonyl (C=O) groups excluding carboxylic acids is 2. The number of amides is 2. The molecule has 0 radical (unpaired) electrons. The SMILES string of the molecule is C=CC(=O)N1CCN2C(=O)c3c(N4CCOCC4)nc(-c4nc(N)c(F)c5ccccc45)c(Cl)c3OC[C@H]2C1. The molecule has 3 aromatic rings. The van der Waals surface area contributed by atoms with E-state index >= 15 is 0 Å². The number of morpholine rings is 1. The van der Waals surface area contributed by atoms with Gasteiger partial charge in [-0.25, -0.2) is 14.4 Å². The number of hydrogen-bond acceptors (Lipinski definition) is 8. The standard InChI is InChI=1S/C27H26ClFN6O4/c1-2-18(36)34-7-8-35-15(13-34)14-39-24-19(27(35)37)26(33-9-11-38-12-10-33)32-23(20(24)28)22-17-6-4-3-5-16(17)21(29)25(30)31-22/h2-6,15H,1,7-14H2,(H2,30,31)/t15-/m1/s1. The summed E-state index contributed by atoms with van der Waals surface area (Å²) in [6.07, 6.45) is 1.26. The largest absolute Gasteiger partial charge is 0.489 e. The molecule has 12 heteroatoms. The van der Waals surface area contributed by atoms with Gasteiger partial charge in [0.15, 0.2) is 17.4 Å². The molecular formula is C27H26ClFN6O4. The molecule has 10 nitrogen and oxygen atoms in total. The first kappa shape index (κ1) is 25.3. The molecule has 1 aromatic carbocycles. The van der Waals surface area contributed by atoms with Gasteiger partial charge in [0.1, 0.15) is 34.4 Å². The van der Waals surface area contributed by atoms with Crippen molar-refractivity contribution in [3.63, 3.8) is 0 Å². The highest BCUT2D eigenvalue weighted by Gasteiger charge is 2.41. The summed E-state index contributed by atoms with van der Waals surface area (Å²) >= 11 is 6.95. The maximum atomic E-state index is 14.9. The monoisotopic (exact) mass is 552 g/mol. The van der Waals surface area contributed by atoms with Crippen LogP contribution in [-0.2, 0) is 9.53 Å². The number of fused-ring (bicyclic) bond motifs is 3. The zero-order valence-electron chi connectivity index (χ0n) is 21.0. The van der Waals surface area contributed by atoms with Crippen molar-refractivity contribution >= 4 is 45.8 Å². The summed E-state index contributed by atoms with van der Waals surface area (Å²) in [7, 11) is 0. The second-order valence-corrected chi connectivity index (χ2v) is 9.94. The molecule has 2 saturated heterocycles. The van der Waals surface area contributed by atoms with Gasteiger partial charge in [0.25, 0.3) is 5.91 Å². The van der Waals surface area contributed by atoms with E-state index in [2.05, 4.69) is 11.6 Å². The Hall–Kier alpha value is -3.96. The summed E-state index contributed by atoms with van der Waals surface area (Å²) in [5.41, 5.74) is 6.72. The normalized spacial score (nSPS) is 19.3. The first-order valence-corrected chi connectivity index (χ1v) is 13.0. The number of carbonyl (C=O) groups is 2. The van der Waals surface area contributed by atoms with E-state index in [1.807, 2.05) is 4.90 Å². The Kier molecular flexibility index (Phi) is 6.48. The zero-order valence-corrected chi connectivity index (χ0v) is 21.8. The molecule has 5 heterocycles. The molecule has 2 aromatic heterocycles. The van der Waals surface area contributed by atoms with Crippen molar-refractivity contribution in [2.75, 3.05) is 63.2 Å². The first-order chi connectivity index (χ1) is 18.9. The van der Waals surface area contributed by atoms with Crippen LogP contribution in [0.2, 0.25) is 5.02 Å². The van der Waals surface area contributed by atoms with Crippen LogP contribution in [0.25, 0.3) is 22.2 Å². The maximum absolute atomic E-state index is 14.9. The summed E-state index contributed by atoms with van der Waals surface area (Å²) in [5.74, 6) is -0.834. The number of nitrogens with two attached hydrogens (primary N) is 1. The Labute approximate surface area is 228 Å². The molecule has 1 atom stereocenters. The lowest BCUT2D eigenvalue weighted by Gasteiger charge is -2.39. The fraction of sp³-hybridized carbons (Fsp3) is 0.333. The molecule has 2 amide bonds. The van der Waals surface area contributed by atoms with Crippen LogP contribution in [0.15, 0.2) is 36.9 Å². The van der Waals surface area contributed by atoms with E-state index in [1.54, 1.807) is 34.1 Å². The van der Waals surface area contributed by atoms with Crippen molar-refractivity contribution in [2.45, 2.75) is 6.04 Å². The third kappa shape index (κ3) is 4.22. The number of piperazine rings is 1. The van der Waals surface area contributed by atoms with Gasteiger partial charge in [0.05, 0.1) is 19.3 Å². The van der Waals surface area contributed by atoms with E-state index in [0.717, 1.165) is 0 Å². The molecule has 0 bridgehead atoms. The smallest absolute Gasteiger partial charge is 0.261 e. The molecule has 3 aliphatic heterocycles. The maximum Gasteiger partial charge on any atom is 0.261 e. The molecule has 202 valence electrons. The number of benzene rings is 1. The summed E-state index contributed by atoms with van der Waals surface area (Å²) in [6, 6.07) is 6.41. The first-order valence-electron chi connectivity index (χ1n) is 12.6. The van der Waals surface area contributed by atoms with Crippen LogP contribution < -0.4 is 15.4 Å². The average Bonchev–Trinajstić information content (AvgIpc) is 3.12. The number of hydrogen-bond donors (Lipinski definition) is 1. The van der Waals surface area contributed by atoms with Crippen molar-refractivity contribution < 1.29 is 23.5 Å². The fourth-order valence-corrected chi connectivity index (χ4v) is 5.65. The lowest BCUT2D eigenvalue weighted by atomic mass is 10.0. The molecule has 0 spiro atoms. The van der Waals surface area contributed by atoms with Gasteiger partial charge in [0.2, 0.25) is 5.91 Å². The minimum absolute atomic E-state index is 0.0814. The lowest BCUT2D eigenvalue weighted by molar-refractivity contribution is -0.128. The Balaban J connectivity index is 1.54. The summed E-state index contributed by atoms with van der Waals surface area (Å²) in [4.78, 5) is 40.9. The number of nitrogens with zero attached hydrogens (tertiary/aromatic N) is 5. The highest BCUT2D eigenvalue weighted by Crippen LogP contribution is 2.45. The predicted molar refractivity (Wildman–Crippen MR) is 144 cm³/mol. The van der Waals surface area contributed by atoms with Crippen LogP contribution in [0.5, 0.6) is 5.75 Å². The molecule has 39 heavy (non-hydrogen) atoms. The summed E-state index contributed by atoms with van der Waals surface area (Å²) in [6.45, 7) is 6.60. The molecule has 0 saturated carbocycles. The van der Waals surface area contributed by atoms with Crippen molar-refractivity contribution in [2.24, 2.45) is 0 Å². The molecular weight excluding hydrogens is 527 g/mol. The van der Waals surface area contributed by atoms with Gasteiger partial charge < -0.3 is 29.9 Å². The number of ether oxygens (including phenoxy) is 2. The van der Waals surface area contributed by atoms with E-state index in [1.165, 1.54) is 6.08 Å². The van der Waals surface area contributed by atoms with Gasteiger partial charge in [-0.2, -0.15) is 0 Å². The number of aromatic nitrogens is 2. The van der Waals surface area contributed by atoms with Crippen molar-refractivity contribution in [1.82, 2.24) is 19.8 Å². The summed E-state index contributed by atoms with van der Waals surface area (Å²) in [5, 5.41) is 0.835. The van der Waals surface area contributed by atoms with Crippen LogP contribution in [0, 0.1) is 5.82 Å². The molecule has 2 fully saturated rings. The number of pyridine rings is 2. The van der Waals surface area contributed by atoms with Crippen LogP contribution in [-0.4, -0.2) is 90.2 Å². The molecule has 0 aliphatic carbocycles. The molecule has 2 N–H and O–H groups in total. The zero-order chi connectivity index (χ0) is 27.3. The average molecular weight is 553 g/mol. The third-order valence-electron chi connectivity index (χ3n) is 7.35. The highest BCUT2D eigenvalue weighted by molar-refractivity contribution is 6.35.